The quantitative estimate of drug-likeness (QED) is 0.287. The van der Waals surface area contributed by atoms with E-state index in [4.69, 9.17) is 9.15 Å². The minimum absolute atomic E-state index is 0.0166. The van der Waals surface area contributed by atoms with Gasteiger partial charge < -0.3 is 14.3 Å². The molecule has 4 rings (SSSR count). The molecular formula is C22H16N2O5. The molecule has 0 saturated carbocycles. The molecule has 0 amide bonds. The average molecular weight is 388 g/mol. The Morgan fingerprint density at radius 1 is 1.03 bits per heavy atom. The number of benzene rings is 3. The highest BCUT2D eigenvalue weighted by atomic mass is 16.6. The summed E-state index contributed by atoms with van der Waals surface area (Å²) >= 11 is 0. The molecule has 4 aromatic rings. The lowest BCUT2D eigenvalue weighted by atomic mass is 10.1. The summed E-state index contributed by atoms with van der Waals surface area (Å²) < 4.78 is 11.1. The zero-order valence-corrected chi connectivity index (χ0v) is 15.4. The molecule has 0 fully saturated rings. The first-order valence-corrected chi connectivity index (χ1v) is 8.75. The highest BCUT2D eigenvalue weighted by Crippen LogP contribution is 2.35. The summed E-state index contributed by atoms with van der Waals surface area (Å²) in [6.45, 7) is 0. The normalized spacial score (nSPS) is 11.6. The van der Waals surface area contributed by atoms with Gasteiger partial charge in [0, 0.05) is 17.7 Å². The Morgan fingerprint density at radius 2 is 1.72 bits per heavy atom. The van der Waals surface area contributed by atoms with Gasteiger partial charge in [0.1, 0.15) is 17.0 Å². The van der Waals surface area contributed by atoms with Gasteiger partial charge in [-0.3, -0.25) is 10.1 Å². The lowest BCUT2D eigenvalue weighted by Crippen LogP contribution is -2.02. The van der Waals surface area contributed by atoms with Gasteiger partial charge in [0.25, 0.3) is 5.69 Å². The Labute approximate surface area is 165 Å². The maximum Gasteiger partial charge on any atom is 0.269 e. The van der Waals surface area contributed by atoms with Gasteiger partial charge in [0.2, 0.25) is 0 Å². The summed E-state index contributed by atoms with van der Waals surface area (Å²) in [4.78, 5) is 15.0. The van der Waals surface area contributed by atoms with Crippen LogP contribution in [0.15, 0.2) is 82.2 Å². The number of rotatable bonds is 5. The van der Waals surface area contributed by atoms with Gasteiger partial charge in [0.15, 0.2) is 11.5 Å². The third kappa shape index (κ3) is 3.53. The van der Waals surface area contributed by atoms with Crippen molar-refractivity contribution in [1.29, 1.82) is 0 Å². The van der Waals surface area contributed by atoms with Crippen molar-refractivity contribution < 1.29 is 19.2 Å². The van der Waals surface area contributed by atoms with Crippen LogP contribution in [0, 0.1) is 10.1 Å². The number of fused-ring (bicyclic) bond motifs is 1. The van der Waals surface area contributed by atoms with Gasteiger partial charge in [0.05, 0.1) is 23.1 Å². The molecule has 7 heteroatoms. The van der Waals surface area contributed by atoms with E-state index >= 15 is 0 Å². The Kier molecular flexibility index (Phi) is 4.70. The summed E-state index contributed by atoms with van der Waals surface area (Å²) in [5.41, 5.74) is 2.08. The average Bonchev–Trinajstić information content (AvgIpc) is 3.09. The van der Waals surface area contributed by atoms with Crippen molar-refractivity contribution in [3.8, 4) is 11.5 Å². The van der Waals surface area contributed by atoms with E-state index in [9.17, 15) is 15.2 Å². The Bertz CT molecular complexity index is 1210. The highest BCUT2D eigenvalue weighted by Gasteiger charge is 2.20. The van der Waals surface area contributed by atoms with Crippen LogP contribution in [-0.2, 0) is 0 Å². The fourth-order valence-corrected chi connectivity index (χ4v) is 2.97. The van der Waals surface area contributed by atoms with E-state index in [0.29, 0.717) is 33.7 Å². The van der Waals surface area contributed by atoms with Crippen molar-refractivity contribution >= 4 is 28.1 Å². The summed E-state index contributed by atoms with van der Waals surface area (Å²) in [7, 11) is 1.58. The fourth-order valence-electron chi connectivity index (χ4n) is 2.97. The summed E-state index contributed by atoms with van der Waals surface area (Å²) in [5, 5.41) is 22.2. The van der Waals surface area contributed by atoms with Crippen LogP contribution in [0.1, 0.15) is 11.3 Å². The zero-order chi connectivity index (χ0) is 20.4. The third-order valence-corrected chi connectivity index (χ3v) is 4.45. The Balaban J connectivity index is 1.88. The number of aromatic hydroxyl groups is 1. The summed E-state index contributed by atoms with van der Waals surface area (Å²) in [6.07, 6.45) is 0. The van der Waals surface area contributed by atoms with Crippen LogP contribution in [0.3, 0.4) is 0 Å². The number of hydrogen-bond acceptors (Lipinski definition) is 6. The first-order valence-electron chi connectivity index (χ1n) is 8.75. The number of nitrogens with zero attached hydrogens (tertiary/aromatic N) is 2. The van der Waals surface area contributed by atoms with Gasteiger partial charge in [-0.2, -0.15) is 0 Å². The van der Waals surface area contributed by atoms with Crippen molar-refractivity contribution in [2.24, 2.45) is 4.99 Å². The molecule has 3 aromatic carbocycles. The minimum atomic E-state index is -0.469. The van der Waals surface area contributed by atoms with Crippen LogP contribution in [0.5, 0.6) is 11.5 Å². The third-order valence-electron chi connectivity index (χ3n) is 4.45. The molecule has 0 atom stereocenters. The number of furan rings is 1. The fraction of sp³-hybridized carbons (Fsp3) is 0.0455. The number of nitro groups is 1. The van der Waals surface area contributed by atoms with Crippen LogP contribution in [0.4, 0.5) is 11.4 Å². The van der Waals surface area contributed by atoms with Crippen LogP contribution in [0.25, 0.3) is 11.0 Å². The van der Waals surface area contributed by atoms with Gasteiger partial charge in [-0.1, -0.05) is 12.1 Å². The van der Waals surface area contributed by atoms with Crippen molar-refractivity contribution in [2.75, 3.05) is 7.11 Å². The van der Waals surface area contributed by atoms with Gasteiger partial charge in [-0.15, -0.1) is 0 Å². The molecule has 1 N–H and O–H groups in total. The van der Waals surface area contributed by atoms with Crippen LogP contribution < -0.4 is 4.74 Å². The Morgan fingerprint density at radius 3 is 2.34 bits per heavy atom. The summed E-state index contributed by atoms with van der Waals surface area (Å²) in [6, 6.07) is 20.1. The lowest BCUT2D eigenvalue weighted by molar-refractivity contribution is -0.384. The molecule has 0 aliphatic heterocycles. The van der Waals surface area contributed by atoms with E-state index in [1.807, 2.05) is 12.1 Å². The Hall–Kier alpha value is -4.13. The molecular weight excluding hydrogens is 372 g/mol. The van der Waals surface area contributed by atoms with Crippen molar-refractivity contribution in [1.82, 2.24) is 0 Å². The molecule has 0 radical (unpaired) electrons. The SMILES string of the molecule is COc1ccc(C(=Nc2ccc([N+](=O)[O-])cc2)c2oc3ccccc3c2O)cc1. The topological polar surface area (TPSA) is 98.1 Å². The summed E-state index contributed by atoms with van der Waals surface area (Å²) in [5.74, 6) is 0.879. The molecule has 0 aliphatic rings. The largest absolute Gasteiger partial charge is 0.504 e. The van der Waals surface area contributed by atoms with E-state index in [-0.39, 0.29) is 17.2 Å². The van der Waals surface area contributed by atoms with E-state index in [1.165, 1.54) is 12.1 Å². The smallest absolute Gasteiger partial charge is 0.269 e. The van der Waals surface area contributed by atoms with E-state index in [0.717, 1.165) is 0 Å². The standard InChI is InChI=1S/C22H16N2O5/c1-28-17-12-6-14(7-13-17)20(23-15-8-10-16(11-9-15)24(26)27)22-21(25)18-4-2-3-5-19(18)29-22/h2-13,25H,1H3. The molecule has 0 aliphatic carbocycles. The molecule has 0 spiro atoms. The van der Waals surface area contributed by atoms with Gasteiger partial charge >= 0.3 is 0 Å². The monoisotopic (exact) mass is 388 g/mol. The first-order chi connectivity index (χ1) is 14.1. The first kappa shape index (κ1) is 18.2. The van der Waals surface area contributed by atoms with Gasteiger partial charge in [-0.05, 0) is 48.5 Å². The molecule has 7 nitrogen and oxygen atoms in total. The molecule has 1 heterocycles. The second-order valence-corrected chi connectivity index (χ2v) is 6.24. The number of hydrogen-bond donors (Lipinski definition) is 1. The van der Waals surface area contributed by atoms with E-state index < -0.39 is 4.92 Å². The van der Waals surface area contributed by atoms with Crippen LogP contribution in [-0.4, -0.2) is 22.9 Å². The molecule has 0 bridgehead atoms. The number of nitro benzene ring substituents is 1. The second kappa shape index (κ2) is 7.47. The predicted octanol–water partition coefficient (Wildman–Crippen LogP) is 5.22. The molecule has 29 heavy (non-hydrogen) atoms. The minimum Gasteiger partial charge on any atom is -0.504 e. The maximum absolute atomic E-state index is 10.9. The number of non-ortho nitro benzene ring substituents is 1. The lowest BCUT2D eigenvalue weighted by Gasteiger charge is -2.07. The van der Waals surface area contributed by atoms with E-state index in [2.05, 4.69) is 4.99 Å². The van der Waals surface area contributed by atoms with Crippen LogP contribution in [0.2, 0.25) is 0 Å². The number of methoxy groups -OCH3 is 1. The molecule has 0 unspecified atom stereocenters. The molecule has 0 saturated heterocycles. The second-order valence-electron chi connectivity index (χ2n) is 6.24. The van der Waals surface area contributed by atoms with Crippen molar-refractivity contribution in [2.45, 2.75) is 0 Å². The number of para-hydroxylation sites is 1. The van der Waals surface area contributed by atoms with Crippen molar-refractivity contribution in [3.05, 3.63) is 94.2 Å². The predicted molar refractivity (Wildman–Crippen MR) is 109 cm³/mol. The molecule has 144 valence electrons. The zero-order valence-electron chi connectivity index (χ0n) is 15.4. The maximum atomic E-state index is 10.9. The van der Waals surface area contributed by atoms with Gasteiger partial charge in [-0.25, -0.2) is 4.99 Å². The van der Waals surface area contributed by atoms with Crippen LogP contribution >= 0.6 is 0 Å². The molecule has 1 aromatic heterocycles. The number of ether oxygens (including phenoxy) is 1. The highest BCUT2D eigenvalue weighted by molar-refractivity contribution is 6.16. The van der Waals surface area contributed by atoms with Crippen molar-refractivity contribution in [3.63, 3.8) is 0 Å². The van der Waals surface area contributed by atoms with E-state index in [1.54, 1.807) is 55.6 Å². The number of aliphatic imine (C=N–C) groups is 1.